The van der Waals surface area contributed by atoms with Crippen molar-refractivity contribution < 1.29 is 23.8 Å². The first-order valence-electron chi connectivity index (χ1n) is 10.2. The van der Waals surface area contributed by atoms with E-state index >= 15 is 0 Å². The summed E-state index contributed by atoms with van der Waals surface area (Å²) in [5, 5.41) is 3.96. The highest BCUT2D eigenvalue weighted by Crippen LogP contribution is 2.45. The van der Waals surface area contributed by atoms with Gasteiger partial charge in [0.2, 0.25) is 5.91 Å². The average Bonchev–Trinajstić information content (AvgIpc) is 2.76. The van der Waals surface area contributed by atoms with Crippen LogP contribution < -0.4 is 19.7 Å². The summed E-state index contributed by atoms with van der Waals surface area (Å²) in [6.45, 7) is 4.13. The summed E-state index contributed by atoms with van der Waals surface area (Å²) in [6, 6.07) is 8.31. The number of halogens is 2. The molecule has 2 aromatic rings. The highest BCUT2D eigenvalue weighted by atomic mass is 35.5. The average molecular weight is 481 g/mol. The molecule has 0 saturated heterocycles. The molecular formula is C23H26Cl2N2O5. The van der Waals surface area contributed by atoms with E-state index in [4.69, 9.17) is 37.4 Å². The minimum atomic E-state index is -0.503. The number of anilines is 1. The molecule has 0 saturated carbocycles. The lowest BCUT2D eigenvalue weighted by molar-refractivity contribution is -0.123. The van der Waals surface area contributed by atoms with E-state index in [0.717, 1.165) is 5.56 Å². The highest BCUT2D eigenvalue weighted by Gasteiger charge is 2.39. The van der Waals surface area contributed by atoms with Crippen molar-refractivity contribution >= 4 is 40.9 Å². The lowest BCUT2D eigenvalue weighted by Crippen LogP contribution is -2.46. The van der Waals surface area contributed by atoms with Crippen molar-refractivity contribution in [1.82, 2.24) is 5.32 Å². The molecule has 2 atom stereocenters. The van der Waals surface area contributed by atoms with Gasteiger partial charge in [-0.05, 0) is 49.6 Å². The number of fused-ring (bicyclic) bond motifs is 1. The first-order valence-corrected chi connectivity index (χ1v) is 11.0. The number of ether oxygens (including phenoxy) is 3. The number of benzene rings is 2. The number of amides is 2. The number of carbonyl (C=O) groups is 2. The van der Waals surface area contributed by atoms with Gasteiger partial charge in [0, 0.05) is 28.7 Å². The Balaban J connectivity index is 1.95. The van der Waals surface area contributed by atoms with Crippen LogP contribution in [0.1, 0.15) is 37.3 Å². The summed E-state index contributed by atoms with van der Waals surface area (Å²) in [4.78, 5) is 27.5. The Bertz CT molecular complexity index is 1010. The third-order valence-electron chi connectivity index (χ3n) is 5.43. The second-order valence-corrected chi connectivity index (χ2v) is 8.27. The van der Waals surface area contributed by atoms with Crippen molar-refractivity contribution in [2.45, 2.75) is 38.8 Å². The largest absolute Gasteiger partial charge is 0.493 e. The Morgan fingerprint density at radius 1 is 1.12 bits per heavy atom. The van der Waals surface area contributed by atoms with Crippen molar-refractivity contribution in [2.75, 3.05) is 25.7 Å². The maximum Gasteiger partial charge on any atom is 0.414 e. The maximum atomic E-state index is 13.2. The highest BCUT2D eigenvalue weighted by molar-refractivity contribution is 6.35. The van der Waals surface area contributed by atoms with E-state index in [-0.39, 0.29) is 25.1 Å². The lowest BCUT2D eigenvalue weighted by Gasteiger charge is -2.38. The predicted octanol–water partition coefficient (Wildman–Crippen LogP) is 5.17. The number of carbonyl (C=O) groups excluding carboxylic acids is 2. The summed E-state index contributed by atoms with van der Waals surface area (Å²) in [5.41, 5.74) is 1.98. The summed E-state index contributed by atoms with van der Waals surface area (Å²) < 4.78 is 16.1. The van der Waals surface area contributed by atoms with Crippen molar-refractivity contribution in [3.05, 3.63) is 51.5 Å². The van der Waals surface area contributed by atoms with Crippen LogP contribution in [0.3, 0.4) is 0 Å². The fourth-order valence-corrected chi connectivity index (χ4v) is 4.35. The summed E-state index contributed by atoms with van der Waals surface area (Å²) in [5.74, 6) is 0.251. The lowest BCUT2D eigenvalue weighted by atomic mass is 9.85. The van der Waals surface area contributed by atoms with E-state index in [1.165, 1.54) is 14.2 Å². The SMILES string of the molecule is CCOC(=O)N1c2cc(OC)c(OC)cc2C(C(=O)NCc2ccc(Cl)cc2Cl)CC1C. The zero-order chi connectivity index (χ0) is 23.4. The molecule has 32 heavy (non-hydrogen) atoms. The molecule has 3 rings (SSSR count). The van der Waals surface area contributed by atoms with E-state index in [1.807, 2.05) is 6.92 Å². The zero-order valence-corrected chi connectivity index (χ0v) is 19.9. The molecule has 172 valence electrons. The number of hydrogen-bond acceptors (Lipinski definition) is 5. The van der Waals surface area contributed by atoms with Gasteiger partial charge in [0.25, 0.3) is 0 Å². The number of rotatable bonds is 6. The second kappa shape index (κ2) is 10.3. The number of nitrogens with one attached hydrogen (secondary N) is 1. The quantitative estimate of drug-likeness (QED) is 0.617. The van der Waals surface area contributed by atoms with Gasteiger partial charge in [-0.3, -0.25) is 9.69 Å². The van der Waals surface area contributed by atoms with Crippen LogP contribution in [0.5, 0.6) is 11.5 Å². The van der Waals surface area contributed by atoms with Gasteiger partial charge < -0.3 is 19.5 Å². The van der Waals surface area contributed by atoms with Crippen LogP contribution in [-0.2, 0) is 16.1 Å². The maximum absolute atomic E-state index is 13.2. The fourth-order valence-electron chi connectivity index (χ4n) is 3.87. The minimum Gasteiger partial charge on any atom is -0.493 e. The number of methoxy groups -OCH3 is 2. The molecule has 0 bridgehead atoms. The molecule has 7 nitrogen and oxygen atoms in total. The molecule has 0 fully saturated rings. The normalized spacial score (nSPS) is 17.4. The molecule has 9 heteroatoms. The Hall–Kier alpha value is -2.64. The Morgan fingerprint density at radius 2 is 1.81 bits per heavy atom. The zero-order valence-electron chi connectivity index (χ0n) is 18.4. The van der Waals surface area contributed by atoms with Crippen LogP contribution >= 0.6 is 23.2 Å². The van der Waals surface area contributed by atoms with E-state index < -0.39 is 12.0 Å². The summed E-state index contributed by atoms with van der Waals surface area (Å²) in [6.07, 6.45) is -0.0538. The Labute approximate surface area is 197 Å². The molecule has 0 aliphatic carbocycles. The molecule has 0 aromatic heterocycles. The monoisotopic (exact) mass is 480 g/mol. The van der Waals surface area contributed by atoms with Gasteiger partial charge in [-0.1, -0.05) is 29.3 Å². The minimum absolute atomic E-state index is 0.181. The molecule has 2 unspecified atom stereocenters. The van der Waals surface area contributed by atoms with E-state index in [1.54, 1.807) is 42.2 Å². The second-order valence-electron chi connectivity index (χ2n) is 7.43. The summed E-state index contributed by atoms with van der Waals surface area (Å²) >= 11 is 12.2. The Morgan fingerprint density at radius 3 is 2.44 bits per heavy atom. The fraction of sp³-hybridized carbons (Fsp3) is 0.391. The van der Waals surface area contributed by atoms with Crippen LogP contribution in [0.15, 0.2) is 30.3 Å². The van der Waals surface area contributed by atoms with Gasteiger partial charge in [0.15, 0.2) is 11.5 Å². The van der Waals surface area contributed by atoms with E-state index in [0.29, 0.717) is 39.2 Å². The van der Waals surface area contributed by atoms with Crippen LogP contribution in [0.4, 0.5) is 10.5 Å². The van der Waals surface area contributed by atoms with Crippen molar-refractivity contribution in [1.29, 1.82) is 0 Å². The molecule has 1 N–H and O–H groups in total. The van der Waals surface area contributed by atoms with Crippen molar-refractivity contribution in [2.24, 2.45) is 0 Å². The van der Waals surface area contributed by atoms with Crippen LogP contribution in [0.25, 0.3) is 0 Å². The number of nitrogens with zero attached hydrogens (tertiary/aromatic N) is 1. The van der Waals surface area contributed by atoms with Gasteiger partial charge in [-0.25, -0.2) is 4.79 Å². The van der Waals surface area contributed by atoms with Gasteiger partial charge in [0.05, 0.1) is 32.4 Å². The first-order chi connectivity index (χ1) is 15.3. The summed E-state index contributed by atoms with van der Waals surface area (Å²) in [7, 11) is 3.04. The van der Waals surface area contributed by atoms with E-state index in [9.17, 15) is 9.59 Å². The van der Waals surface area contributed by atoms with Gasteiger partial charge in [-0.2, -0.15) is 0 Å². The molecule has 0 radical (unpaired) electrons. The third-order valence-corrected chi connectivity index (χ3v) is 6.02. The smallest absolute Gasteiger partial charge is 0.414 e. The standard InChI is InChI=1S/C23H26Cl2N2O5/c1-5-32-23(29)27-13(2)8-17(16-10-20(30-3)21(31-4)11-19(16)27)22(28)26-12-14-6-7-15(24)9-18(14)25/h6-7,9-11,13,17H,5,8,12H2,1-4H3,(H,26,28). The van der Waals surface area contributed by atoms with Crippen LogP contribution in [-0.4, -0.2) is 38.9 Å². The number of hydrogen-bond donors (Lipinski definition) is 1. The van der Waals surface area contributed by atoms with Gasteiger partial charge >= 0.3 is 6.09 Å². The molecule has 2 aromatic carbocycles. The molecule has 1 heterocycles. The molecule has 1 aliphatic heterocycles. The van der Waals surface area contributed by atoms with Crippen LogP contribution in [0.2, 0.25) is 10.0 Å². The third kappa shape index (κ3) is 4.89. The van der Waals surface area contributed by atoms with Crippen LogP contribution in [0, 0.1) is 0 Å². The molecule has 2 amide bonds. The van der Waals surface area contributed by atoms with Gasteiger partial charge in [0.1, 0.15) is 0 Å². The molecule has 1 aliphatic rings. The molecule has 0 spiro atoms. The van der Waals surface area contributed by atoms with Gasteiger partial charge in [-0.15, -0.1) is 0 Å². The Kier molecular flexibility index (Phi) is 7.74. The molecular weight excluding hydrogens is 455 g/mol. The van der Waals surface area contributed by atoms with Crippen molar-refractivity contribution in [3.63, 3.8) is 0 Å². The first kappa shape index (κ1) is 24.0. The van der Waals surface area contributed by atoms with Crippen molar-refractivity contribution in [3.8, 4) is 11.5 Å². The topological polar surface area (TPSA) is 77.1 Å². The predicted molar refractivity (Wildman–Crippen MR) is 124 cm³/mol. The van der Waals surface area contributed by atoms with E-state index in [2.05, 4.69) is 5.32 Å².